The van der Waals surface area contributed by atoms with Gasteiger partial charge in [0.05, 0.1) is 12.3 Å². The summed E-state index contributed by atoms with van der Waals surface area (Å²) in [4.78, 5) is 0. The van der Waals surface area contributed by atoms with Crippen LogP contribution in [-0.2, 0) is 6.42 Å². The normalized spacial score (nSPS) is 15.2. The molecular formula is C15H16BrNO3. The molecule has 2 N–H and O–H groups in total. The number of benzene rings is 1. The summed E-state index contributed by atoms with van der Waals surface area (Å²) >= 11 is 3.56. The lowest BCUT2D eigenvalue weighted by molar-refractivity contribution is 0.171. The van der Waals surface area contributed by atoms with Gasteiger partial charge in [0.2, 0.25) is 0 Å². The van der Waals surface area contributed by atoms with Crippen LogP contribution >= 0.6 is 15.9 Å². The number of fused-ring (bicyclic) bond motifs is 1. The van der Waals surface area contributed by atoms with E-state index in [-0.39, 0.29) is 6.04 Å². The molecule has 0 bridgehead atoms. The zero-order valence-electron chi connectivity index (χ0n) is 11.2. The zero-order chi connectivity index (χ0) is 14.1. The molecule has 2 aromatic rings. The van der Waals surface area contributed by atoms with Gasteiger partial charge in [-0.15, -0.1) is 0 Å². The maximum Gasteiger partial charge on any atom is 0.162 e. The Balaban J connectivity index is 2.01. The Labute approximate surface area is 126 Å². The first-order chi connectivity index (χ1) is 9.70. The van der Waals surface area contributed by atoms with E-state index < -0.39 is 0 Å². The number of nitrogens with two attached hydrogens (primary N) is 1. The van der Waals surface area contributed by atoms with Crippen LogP contribution in [0.2, 0.25) is 0 Å². The van der Waals surface area contributed by atoms with E-state index in [2.05, 4.69) is 15.9 Å². The van der Waals surface area contributed by atoms with Crippen molar-refractivity contribution < 1.29 is 13.9 Å². The molecule has 0 saturated heterocycles. The van der Waals surface area contributed by atoms with E-state index in [4.69, 9.17) is 19.6 Å². The highest BCUT2D eigenvalue weighted by Gasteiger charge is 2.21. The molecular weight excluding hydrogens is 322 g/mol. The van der Waals surface area contributed by atoms with Crippen molar-refractivity contribution in [3.63, 3.8) is 0 Å². The summed E-state index contributed by atoms with van der Waals surface area (Å²) in [5.74, 6) is 2.41. The topological polar surface area (TPSA) is 57.6 Å². The number of furan rings is 1. The summed E-state index contributed by atoms with van der Waals surface area (Å²) in [6.07, 6.45) is 2.50. The summed E-state index contributed by atoms with van der Waals surface area (Å²) in [5, 5.41) is 0. The van der Waals surface area contributed by atoms with Crippen molar-refractivity contribution in [2.24, 2.45) is 5.73 Å². The molecule has 1 aliphatic heterocycles. The molecule has 1 aliphatic rings. The van der Waals surface area contributed by atoms with Crippen LogP contribution in [0, 0.1) is 0 Å². The minimum Gasteiger partial charge on any atom is -0.486 e. The van der Waals surface area contributed by atoms with Gasteiger partial charge in [-0.2, -0.15) is 0 Å². The molecule has 20 heavy (non-hydrogen) atoms. The van der Waals surface area contributed by atoms with Gasteiger partial charge in [-0.05, 0) is 23.8 Å². The third-order valence-electron chi connectivity index (χ3n) is 3.43. The number of ether oxygens (including phenoxy) is 2. The monoisotopic (exact) mass is 337 g/mol. The molecule has 5 heteroatoms. The number of aryl methyl sites for hydroxylation is 1. The Kier molecular flexibility index (Phi) is 3.72. The SMILES string of the molecule is CCc1occc1C(N)c1cc2c(cc1Br)OCCO2. The molecule has 1 atom stereocenters. The molecule has 2 heterocycles. The highest BCUT2D eigenvalue weighted by atomic mass is 79.9. The Hall–Kier alpha value is -1.46. The molecule has 0 fully saturated rings. The minimum atomic E-state index is -0.256. The van der Waals surface area contributed by atoms with E-state index >= 15 is 0 Å². The van der Waals surface area contributed by atoms with Crippen LogP contribution in [0.3, 0.4) is 0 Å². The maximum absolute atomic E-state index is 6.38. The lowest BCUT2D eigenvalue weighted by atomic mass is 9.98. The maximum atomic E-state index is 6.38. The molecule has 0 saturated carbocycles. The van der Waals surface area contributed by atoms with Crippen LogP contribution in [0.4, 0.5) is 0 Å². The molecule has 0 amide bonds. The third-order valence-corrected chi connectivity index (χ3v) is 4.12. The quantitative estimate of drug-likeness (QED) is 0.932. The Morgan fingerprint density at radius 2 is 1.90 bits per heavy atom. The Morgan fingerprint density at radius 1 is 1.20 bits per heavy atom. The van der Waals surface area contributed by atoms with Gasteiger partial charge in [-0.3, -0.25) is 0 Å². The van der Waals surface area contributed by atoms with E-state index in [1.165, 1.54) is 0 Å². The van der Waals surface area contributed by atoms with E-state index in [0.29, 0.717) is 13.2 Å². The number of hydrogen-bond acceptors (Lipinski definition) is 4. The molecule has 0 spiro atoms. The van der Waals surface area contributed by atoms with Crippen LogP contribution in [0.25, 0.3) is 0 Å². The molecule has 106 valence electrons. The van der Waals surface area contributed by atoms with Crippen molar-refractivity contribution in [3.8, 4) is 11.5 Å². The summed E-state index contributed by atoms with van der Waals surface area (Å²) in [6.45, 7) is 3.19. The van der Waals surface area contributed by atoms with Crippen molar-refractivity contribution in [1.29, 1.82) is 0 Å². The molecule has 0 radical (unpaired) electrons. The van der Waals surface area contributed by atoms with Crippen LogP contribution in [0.15, 0.2) is 33.4 Å². The molecule has 4 nitrogen and oxygen atoms in total. The van der Waals surface area contributed by atoms with Crippen molar-refractivity contribution in [2.45, 2.75) is 19.4 Å². The largest absolute Gasteiger partial charge is 0.486 e. The third kappa shape index (κ3) is 2.31. The van der Waals surface area contributed by atoms with Crippen LogP contribution in [0.1, 0.15) is 29.9 Å². The second-order valence-corrected chi connectivity index (χ2v) is 5.50. The number of halogens is 1. The first-order valence-electron chi connectivity index (χ1n) is 6.61. The van der Waals surface area contributed by atoms with Gasteiger partial charge in [0.1, 0.15) is 19.0 Å². The van der Waals surface area contributed by atoms with Crippen molar-refractivity contribution in [2.75, 3.05) is 13.2 Å². The van der Waals surface area contributed by atoms with Gasteiger partial charge in [0, 0.05) is 16.5 Å². The van der Waals surface area contributed by atoms with Gasteiger partial charge in [0.15, 0.2) is 11.5 Å². The predicted molar refractivity (Wildman–Crippen MR) is 79.2 cm³/mol. The van der Waals surface area contributed by atoms with Crippen molar-refractivity contribution in [1.82, 2.24) is 0 Å². The highest BCUT2D eigenvalue weighted by Crippen LogP contribution is 2.39. The fourth-order valence-corrected chi connectivity index (χ4v) is 2.97. The van der Waals surface area contributed by atoms with Crippen LogP contribution < -0.4 is 15.2 Å². The molecule has 3 rings (SSSR count). The van der Waals surface area contributed by atoms with E-state index in [1.807, 2.05) is 25.1 Å². The fourth-order valence-electron chi connectivity index (χ4n) is 2.40. The zero-order valence-corrected chi connectivity index (χ0v) is 12.8. The van der Waals surface area contributed by atoms with Crippen LogP contribution in [-0.4, -0.2) is 13.2 Å². The lowest BCUT2D eigenvalue weighted by Crippen LogP contribution is -2.18. The lowest BCUT2D eigenvalue weighted by Gasteiger charge is -2.22. The van der Waals surface area contributed by atoms with Gasteiger partial charge in [0.25, 0.3) is 0 Å². The standard InChI is InChI=1S/C15H16BrNO3/c1-2-12-9(3-4-18-12)15(17)10-7-13-14(8-11(10)16)20-6-5-19-13/h3-4,7-8,15H,2,5-6,17H2,1H3. The molecule has 1 aromatic heterocycles. The molecule has 0 aliphatic carbocycles. The second-order valence-electron chi connectivity index (χ2n) is 4.65. The van der Waals surface area contributed by atoms with Gasteiger partial charge in [-0.1, -0.05) is 22.9 Å². The van der Waals surface area contributed by atoms with Gasteiger partial charge >= 0.3 is 0 Å². The summed E-state index contributed by atoms with van der Waals surface area (Å²) in [7, 11) is 0. The smallest absolute Gasteiger partial charge is 0.162 e. The summed E-state index contributed by atoms with van der Waals surface area (Å²) in [5.41, 5.74) is 8.35. The first-order valence-corrected chi connectivity index (χ1v) is 7.41. The average Bonchev–Trinajstić information content (AvgIpc) is 2.94. The minimum absolute atomic E-state index is 0.256. The fraction of sp³-hybridized carbons (Fsp3) is 0.333. The van der Waals surface area contributed by atoms with Crippen molar-refractivity contribution in [3.05, 3.63) is 45.8 Å². The van der Waals surface area contributed by atoms with E-state index in [9.17, 15) is 0 Å². The van der Waals surface area contributed by atoms with Gasteiger partial charge < -0.3 is 19.6 Å². The summed E-state index contributed by atoms with van der Waals surface area (Å²) < 4.78 is 17.6. The highest BCUT2D eigenvalue weighted by molar-refractivity contribution is 9.10. The average molecular weight is 338 g/mol. The first kappa shape index (κ1) is 13.5. The Bertz CT molecular complexity index is 624. The van der Waals surface area contributed by atoms with E-state index in [0.717, 1.165) is 39.3 Å². The Morgan fingerprint density at radius 3 is 2.60 bits per heavy atom. The predicted octanol–water partition coefficient (Wildman–Crippen LogP) is 3.42. The summed E-state index contributed by atoms with van der Waals surface area (Å²) in [6, 6.07) is 5.52. The van der Waals surface area contributed by atoms with Gasteiger partial charge in [-0.25, -0.2) is 0 Å². The van der Waals surface area contributed by atoms with Crippen LogP contribution in [0.5, 0.6) is 11.5 Å². The second kappa shape index (κ2) is 5.50. The van der Waals surface area contributed by atoms with Crippen molar-refractivity contribution >= 4 is 15.9 Å². The number of hydrogen-bond donors (Lipinski definition) is 1. The number of rotatable bonds is 3. The molecule has 1 unspecified atom stereocenters. The molecule has 1 aromatic carbocycles. The van der Waals surface area contributed by atoms with E-state index in [1.54, 1.807) is 6.26 Å².